The fourth-order valence-corrected chi connectivity index (χ4v) is 5.23. The van der Waals surface area contributed by atoms with Gasteiger partial charge in [-0.3, -0.25) is 15.8 Å². The lowest BCUT2D eigenvalue weighted by atomic mass is 9.81. The van der Waals surface area contributed by atoms with Crippen molar-refractivity contribution in [3.8, 4) is 11.5 Å². The highest BCUT2D eigenvalue weighted by Gasteiger charge is 2.36. The number of ether oxygens (including phenoxy) is 2. The van der Waals surface area contributed by atoms with Crippen LogP contribution in [0.4, 0.5) is 0 Å². The lowest BCUT2D eigenvalue weighted by Crippen LogP contribution is -2.47. The van der Waals surface area contributed by atoms with Crippen LogP contribution in [0.1, 0.15) is 24.0 Å². The third kappa shape index (κ3) is 4.24. The normalized spacial score (nSPS) is 26.7. The molecule has 5 rings (SSSR count). The molecule has 0 aromatic heterocycles. The Bertz CT molecular complexity index is 848. The van der Waals surface area contributed by atoms with Crippen LogP contribution in [0.2, 0.25) is 5.02 Å². The molecule has 3 unspecified atom stereocenters. The Labute approximate surface area is 177 Å². The molecular weight excluding hydrogens is 386 g/mol. The predicted molar refractivity (Wildman–Crippen MR) is 114 cm³/mol. The second-order valence-corrected chi connectivity index (χ2v) is 8.84. The first-order valence-corrected chi connectivity index (χ1v) is 11.0. The second-order valence-electron chi connectivity index (χ2n) is 8.44. The van der Waals surface area contributed by atoms with E-state index in [4.69, 9.17) is 21.1 Å². The van der Waals surface area contributed by atoms with Crippen molar-refractivity contribution in [2.24, 2.45) is 11.8 Å². The lowest BCUT2D eigenvalue weighted by molar-refractivity contribution is 0.131. The van der Waals surface area contributed by atoms with Crippen LogP contribution in [0.5, 0.6) is 11.5 Å². The van der Waals surface area contributed by atoms with Crippen LogP contribution in [0.3, 0.4) is 0 Å². The van der Waals surface area contributed by atoms with Gasteiger partial charge in [0, 0.05) is 36.8 Å². The van der Waals surface area contributed by atoms with E-state index in [1.165, 1.54) is 18.4 Å². The lowest BCUT2D eigenvalue weighted by Gasteiger charge is -2.37. The highest BCUT2D eigenvalue weighted by molar-refractivity contribution is 6.31. The summed E-state index contributed by atoms with van der Waals surface area (Å²) in [6.45, 7) is 4.38. The number of piperidine rings is 1. The van der Waals surface area contributed by atoms with Gasteiger partial charge in [-0.1, -0.05) is 41.9 Å². The summed E-state index contributed by atoms with van der Waals surface area (Å²) in [5.74, 6) is 2.82. The number of rotatable bonds is 5. The smallest absolute Gasteiger partial charge is 0.231 e. The highest BCUT2D eigenvalue weighted by atomic mass is 35.5. The van der Waals surface area contributed by atoms with E-state index in [0.717, 1.165) is 54.7 Å². The Hall–Kier alpha value is -1.79. The molecule has 0 aliphatic carbocycles. The number of halogens is 1. The summed E-state index contributed by atoms with van der Waals surface area (Å²) in [7, 11) is 0. The van der Waals surface area contributed by atoms with E-state index in [9.17, 15) is 0 Å². The largest absolute Gasteiger partial charge is 0.454 e. The third-order valence-corrected chi connectivity index (χ3v) is 6.82. The second kappa shape index (κ2) is 8.52. The Kier molecular flexibility index (Phi) is 5.64. The topological polar surface area (TPSA) is 45.8 Å². The fourth-order valence-electron chi connectivity index (χ4n) is 5.02. The molecule has 3 heterocycles. The maximum atomic E-state index is 6.52. The Morgan fingerprint density at radius 2 is 1.93 bits per heavy atom. The summed E-state index contributed by atoms with van der Waals surface area (Å²) in [4.78, 5) is 2.54. The van der Waals surface area contributed by atoms with E-state index in [0.29, 0.717) is 17.9 Å². The molecule has 154 valence electrons. The summed E-state index contributed by atoms with van der Waals surface area (Å²) in [6.07, 6.45) is 3.62. The Morgan fingerprint density at radius 3 is 2.79 bits per heavy atom. The molecule has 0 radical (unpaired) electrons. The number of fused-ring (bicyclic) bond motifs is 1. The van der Waals surface area contributed by atoms with Crippen molar-refractivity contribution >= 4 is 11.6 Å². The molecule has 0 saturated carbocycles. The minimum atomic E-state index is 0.282. The molecule has 0 spiro atoms. The summed E-state index contributed by atoms with van der Waals surface area (Å²) in [6, 6.07) is 15.3. The maximum Gasteiger partial charge on any atom is 0.231 e. The van der Waals surface area contributed by atoms with Crippen LogP contribution >= 0.6 is 11.6 Å². The summed E-state index contributed by atoms with van der Waals surface area (Å²) >= 11 is 6.52. The average molecular weight is 414 g/mol. The number of hydrogen-bond donors (Lipinski definition) is 2. The number of benzene rings is 2. The van der Waals surface area contributed by atoms with Gasteiger partial charge in [0.1, 0.15) is 0 Å². The van der Waals surface area contributed by atoms with Crippen LogP contribution < -0.4 is 20.3 Å². The fraction of sp³-hybridized carbons (Fsp3) is 0.478. The van der Waals surface area contributed by atoms with Gasteiger partial charge >= 0.3 is 0 Å². The van der Waals surface area contributed by atoms with Crippen LogP contribution in [0.15, 0.2) is 42.5 Å². The van der Waals surface area contributed by atoms with E-state index in [-0.39, 0.29) is 6.79 Å². The standard InChI is InChI=1S/C23H28ClN3O2/c24-20-11-22-21(28-15-29-22)10-19(20)14-27-8-4-7-17(13-27)23-18(12-25-26-23)9-16-5-2-1-3-6-16/h1-3,5-6,10-11,17-18,23,25-26H,4,7-9,12-15H2. The highest BCUT2D eigenvalue weighted by Crippen LogP contribution is 2.38. The van der Waals surface area contributed by atoms with Crippen molar-refractivity contribution in [1.82, 2.24) is 15.8 Å². The maximum absolute atomic E-state index is 6.52. The van der Waals surface area contributed by atoms with Gasteiger partial charge in [0.15, 0.2) is 11.5 Å². The minimum absolute atomic E-state index is 0.282. The van der Waals surface area contributed by atoms with Crippen molar-refractivity contribution in [3.63, 3.8) is 0 Å². The zero-order valence-electron chi connectivity index (χ0n) is 16.6. The Balaban J connectivity index is 1.25. The van der Waals surface area contributed by atoms with Crippen molar-refractivity contribution < 1.29 is 9.47 Å². The van der Waals surface area contributed by atoms with Crippen LogP contribution in [-0.4, -0.2) is 37.4 Å². The molecule has 5 nitrogen and oxygen atoms in total. The first-order valence-electron chi connectivity index (χ1n) is 10.6. The van der Waals surface area contributed by atoms with Gasteiger partial charge < -0.3 is 9.47 Å². The van der Waals surface area contributed by atoms with E-state index in [2.05, 4.69) is 46.1 Å². The first kappa shape index (κ1) is 19.2. The number of hydrogen-bond acceptors (Lipinski definition) is 5. The van der Waals surface area contributed by atoms with Crippen molar-refractivity contribution in [3.05, 3.63) is 58.6 Å². The molecule has 2 saturated heterocycles. The zero-order chi connectivity index (χ0) is 19.6. The van der Waals surface area contributed by atoms with Gasteiger partial charge in [-0.25, -0.2) is 0 Å². The molecule has 3 aliphatic rings. The van der Waals surface area contributed by atoms with Gasteiger partial charge in [-0.2, -0.15) is 0 Å². The van der Waals surface area contributed by atoms with Crippen molar-refractivity contribution in [1.29, 1.82) is 0 Å². The van der Waals surface area contributed by atoms with Gasteiger partial charge in [-0.05, 0) is 54.8 Å². The molecule has 2 aromatic rings. The van der Waals surface area contributed by atoms with E-state index in [1.807, 2.05) is 12.1 Å². The molecule has 6 heteroatoms. The molecular formula is C23H28ClN3O2. The number of nitrogens with one attached hydrogen (secondary N) is 2. The quantitative estimate of drug-likeness (QED) is 0.784. The van der Waals surface area contributed by atoms with Crippen LogP contribution in [-0.2, 0) is 13.0 Å². The van der Waals surface area contributed by atoms with Crippen LogP contribution in [0, 0.1) is 11.8 Å². The molecule has 2 aromatic carbocycles. The summed E-state index contributed by atoms with van der Waals surface area (Å²) in [5.41, 5.74) is 9.55. The van der Waals surface area contributed by atoms with E-state index >= 15 is 0 Å². The monoisotopic (exact) mass is 413 g/mol. The van der Waals surface area contributed by atoms with Gasteiger partial charge in [-0.15, -0.1) is 0 Å². The number of hydrazine groups is 1. The minimum Gasteiger partial charge on any atom is -0.454 e. The zero-order valence-corrected chi connectivity index (χ0v) is 17.3. The molecule has 0 bridgehead atoms. The average Bonchev–Trinajstić information content (AvgIpc) is 3.38. The van der Waals surface area contributed by atoms with E-state index in [1.54, 1.807) is 0 Å². The van der Waals surface area contributed by atoms with E-state index < -0.39 is 0 Å². The summed E-state index contributed by atoms with van der Waals surface area (Å²) < 4.78 is 11.0. The van der Waals surface area contributed by atoms with Crippen molar-refractivity contribution in [2.75, 3.05) is 26.4 Å². The SMILES string of the molecule is Clc1cc2c(cc1CN1CCCC(C3NNCC3Cc3ccccc3)C1)OCO2. The molecule has 2 N–H and O–H groups in total. The van der Waals surface area contributed by atoms with Crippen LogP contribution in [0.25, 0.3) is 0 Å². The molecule has 0 amide bonds. The third-order valence-electron chi connectivity index (χ3n) is 6.47. The number of likely N-dealkylation sites (tertiary alicyclic amines) is 1. The molecule has 3 aliphatic heterocycles. The first-order chi connectivity index (χ1) is 14.3. The molecule has 3 atom stereocenters. The van der Waals surface area contributed by atoms with Gasteiger partial charge in [0.2, 0.25) is 6.79 Å². The Morgan fingerprint density at radius 1 is 1.10 bits per heavy atom. The summed E-state index contributed by atoms with van der Waals surface area (Å²) in [5, 5.41) is 0.763. The van der Waals surface area contributed by atoms with Crippen molar-refractivity contribution in [2.45, 2.75) is 31.8 Å². The van der Waals surface area contributed by atoms with Gasteiger partial charge in [0.05, 0.1) is 0 Å². The molecule has 2 fully saturated rings. The van der Waals surface area contributed by atoms with Gasteiger partial charge in [0.25, 0.3) is 0 Å². The number of nitrogens with zero attached hydrogens (tertiary/aromatic N) is 1. The predicted octanol–water partition coefficient (Wildman–Crippen LogP) is 3.62. The molecule has 29 heavy (non-hydrogen) atoms.